The highest BCUT2D eigenvalue weighted by Gasteiger charge is 1.93. The van der Waals surface area contributed by atoms with E-state index in [9.17, 15) is 0 Å². The third kappa shape index (κ3) is 1.11. The molecule has 1 heteroatoms. The van der Waals surface area contributed by atoms with Crippen molar-refractivity contribution in [1.29, 1.82) is 0 Å². The van der Waals surface area contributed by atoms with Gasteiger partial charge in [0.15, 0.2) is 0 Å². The van der Waals surface area contributed by atoms with Gasteiger partial charge < -0.3 is 5.11 Å². The molecule has 10 heavy (non-hydrogen) atoms. The van der Waals surface area contributed by atoms with Gasteiger partial charge in [-0.1, -0.05) is 12.0 Å². The zero-order valence-electron chi connectivity index (χ0n) is 5.46. The first-order valence-electron chi connectivity index (χ1n) is 2.85. The van der Waals surface area contributed by atoms with Gasteiger partial charge in [-0.25, -0.2) is 0 Å². The van der Waals surface area contributed by atoms with E-state index in [0.29, 0.717) is 5.56 Å². The molecule has 1 aromatic carbocycles. The summed E-state index contributed by atoms with van der Waals surface area (Å²) in [7, 11) is 0. The fourth-order valence-corrected chi connectivity index (χ4v) is 0.699. The summed E-state index contributed by atoms with van der Waals surface area (Å²) < 4.78 is 0. The average molecular weight is 131 g/mol. The summed E-state index contributed by atoms with van der Waals surface area (Å²) in [5.74, 6) is 2.59. The highest BCUT2D eigenvalue weighted by atomic mass is 16.3. The molecule has 1 rings (SSSR count). The Bertz CT molecular complexity index is 281. The molecular formula is C9H7O. The van der Waals surface area contributed by atoms with Crippen LogP contribution in [0.15, 0.2) is 18.2 Å². The lowest BCUT2D eigenvalue weighted by Gasteiger charge is -1.96. The lowest BCUT2D eigenvalue weighted by molar-refractivity contribution is 0.475. The highest BCUT2D eigenvalue weighted by Crippen LogP contribution is 2.13. The van der Waals surface area contributed by atoms with E-state index >= 15 is 0 Å². The largest absolute Gasteiger partial charge is 0.508 e. The van der Waals surface area contributed by atoms with Crippen molar-refractivity contribution < 1.29 is 5.11 Å². The van der Waals surface area contributed by atoms with Crippen LogP contribution in [0.2, 0.25) is 0 Å². The lowest BCUT2D eigenvalue weighted by atomic mass is 10.1. The van der Waals surface area contributed by atoms with Gasteiger partial charge in [-0.3, -0.25) is 0 Å². The molecule has 0 aliphatic heterocycles. The Balaban J connectivity index is 3.25. The summed E-state index contributed by atoms with van der Waals surface area (Å²) in [4.78, 5) is 0. The maximum atomic E-state index is 8.95. The number of rotatable bonds is 0. The number of phenolic OH excluding ortho intramolecular Hbond substituents is 1. The molecule has 0 unspecified atom stereocenters. The van der Waals surface area contributed by atoms with E-state index < -0.39 is 0 Å². The van der Waals surface area contributed by atoms with Crippen molar-refractivity contribution in [2.45, 2.75) is 0 Å². The van der Waals surface area contributed by atoms with E-state index in [-0.39, 0.29) is 5.75 Å². The Morgan fingerprint density at radius 2 is 2.20 bits per heavy atom. The van der Waals surface area contributed by atoms with Gasteiger partial charge in [-0.15, -0.1) is 6.42 Å². The van der Waals surface area contributed by atoms with Gasteiger partial charge >= 0.3 is 0 Å². The van der Waals surface area contributed by atoms with Gasteiger partial charge in [0.25, 0.3) is 0 Å². The van der Waals surface area contributed by atoms with Gasteiger partial charge in [0, 0.05) is 5.56 Å². The smallest absolute Gasteiger partial charge is 0.116 e. The van der Waals surface area contributed by atoms with Crippen molar-refractivity contribution in [3.63, 3.8) is 0 Å². The molecule has 0 amide bonds. The predicted octanol–water partition coefficient (Wildman–Crippen LogP) is 1.56. The number of phenols is 1. The van der Waals surface area contributed by atoms with Crippen molar-refractivity contribution in [2.24, 2.45) is 0 Å². The van der Waals surface area contributed by atoms with E-state index in [2.05, 4.69) is 12.8 Å². The first-order chi connectivity index (χ1) is 4.74. The molecule has 1 nitrogen and oxygen atoms in total. The molecule has 0 bridgehead atoms. The van der Waals surface area contributed by atoms with Crippen molar-refractivity contribution in [2.75, 3.05) is 0 Å². The first kappa shape index (κ1) is 6.70. The molecule has 0 aliphatic carbocycles. The van der Waals surface area contributed by atoms with E-state index in [1.165, 1.54) is 6.07 Å². The highest BCUT2D eigenvalue weighted by molar-refractivity contribution is 5.45. The molecule has 49 valence electrons. The fraction of sp³-hybridized carbons (Fsp3) is 0. The molecule has 0 aliphatic rings. The third-order valence-electron chi connectivity index (χ3n) is 1.25. The van der Waals surface area contributed by atoms with Crippen molar-refractivity contribution >= 4 is 0 Å². The molecule has 0 saturated heterocycles. The quantitative estimate of drug-likeness (QED) is 0.530. The Morgan fingerprint density at radius 1 is 1.50 bits per heavy atom. The molecule has 0 atom stereocenters. The van der Waals surface area contributed by atoms with Crippen LogP contribution in [-0.2, 0) is 0 Å². The van der Waals surface area contributed by atoms with Gasteiger partial charge in [-0.05, 0) is 24.6 Å². The van der Waals surface area contributed by atoms with Crippen LogP contribution in [0.3, 0.4) is 0 Å². The maximum absolute atomic E-state index is 8.95. The molecule has 1 radical (unpaired) electrons. The van der Waals surface area contributed by atoms with Crippen molar-refractivity contribution in [3.05, 3.63) is 36.2 Å². The molecule has 1 N–H and O–H groups in total. The minimum atomic E-state index is 0.181. The fourth-order valence-electron chi connectivity index (χ4n) is 0.699. The van der Waals surface area contributed by atoms with Gasteiger partial charge in [0.05, 0.1) is 0 Å². The van der Waals surface area contributed by atoms with Crippen LogP contribution in [0.25, 0.3) is 0 Å². The summed E-state index contributed by atoms with van der Waals surface area (Å²) in [6, 6.07) is 4.76. The van der Waals surface area contributed by atoms with Crippen LogP contribution in [-0.4, -0.2) is 5.11 Å². The Morgan fingerprint density at radius 3 is 2.70 bits per heavy atom. The zero-order valence-corrected chi connectivity index (χ0v) is 5.46. The summed E-state index contributed by atoms with van der Waals surface area (Å²) >= 11 is 0. The van der Waals surface area contributed by atoms with Gasteiger partial charge in [0.1, 0.15) is 5.75 Å². The molecule has 0 heterocycles. The number of terminal acetylenes is 1. The Labute approximate surface area is 60.3 Å². The minimum Gasteiger partial charge on any atom is -0.508 e. The number of aromatic hydroxyl groups is 1. The number of hydrogen-bond acceptors (Lipinski definition) is 1. The number of hydrogen-bond donors (Lipinski definition) is 1. The molecule has 0 spiro atoms. The van der Waals surface area contributed by atoms with Crippen LogP contribution in [0.4, 0.5) is 0 Å². The summed E-state index contributed by atoms with van der Waals surface area (Å²) in [5, 5.41) is 8.95. The van der Waals surface area contributed by atoms with Crippen molar-refractivity contribution in [3.8, 4) is 18.1 Å². The normalized spacial score (nSPS) is 8.80. The Kier molecular flexibility index (Phi) is 1.64. The molecule has 1 aromatic rings. The monoisotopic (exact) mass is 131 g/mol. The van der Waals surface area contributed by atoms with Gasteiger partial charge in [0.2, 0.25) is 0 Å². The van der Waals surface area contributed by atoms with Crippen LogP contribution in [0, 0.1) is 19.3 Å². The number of benzene rings is 1. The summed E-state index contributed by atoms with van der Waals surface area (Å²) in [6.07, 6.45) is 5.12. The molecular weight excluding hydrogens is 124 g/mol. The first-order valence-corrected chi connectivity index (χ1v) is 2.85. The molecule has 0 aromatic heterocycles. The van der Waals surface area contributed by atoms with Gasteiger partial charge in [-0.2, -0.15) is 0 Å². The van der Waals surface area contributed by atoms with E-state index in [1.54, 1.807) is 12.1 Å². The van der Waals surface area contributed by atoms with E-state index in [1.807, 2.05) is 0 Å². The Hall–Kier alpha value is -1.42. The molecule has 0 saturated carbocycles. The molecule has 0 fully saturated rings. The summed E-state index contributed by atoms with van der Waals surface area (Å²) in [5.41, 5.74) is 1.40. The van der Waals surface area contributed by atoms with Crippen LogP contribution < -0.4 is 0 Å². The topological polar surface area (TPSA) is 20.2 Å². The lowest BCUT2D eigenvalue weighted by Crippen LogP contribution is -1.79. The standard InChI is InChI=1S/C9H7O/c1-3-8-6-9(10)5-4-7(8)2/h1,4-6,10H,2H2. The second-order valence-electron chi connectivity index (χ2n) is 1.99. The summed E-state index contributed by atoms with van der Waals surface area (Å²) in [6.45, 7) is 3.68. The van der Waals surface area contributed by atoms with Crippen LogP contribution >= 0.6 is 0 Å². The second-order valence-corrected chi connectivity index (χ2v) is 1.99. The maximum Gasteiger partial charge on any atom is 0.116 e. The van der Waals surface area contributed by atoms with Crippen LogP contribution in [0.5, 0.6) is 5.75 Å². The third-order valence-corrected chi connectivity index (χ3v) is 1.25. The predicted molar refractivity (Wildman–Crippen MR) is 40.5 cm³/mol. The van der Waals surface area contributed by atoms with Crippen LogP contribution in [0.1, 0.15) is 11.1 Å². The zero-order chi connectivity index (χ0) is 7.56. The average Bonchev–Trinajstić information content (AvgIpc) is 1.94. The van der Waals surface area contributed by atoms with E-state index in [4.69, 9.17) is 11.5 Å². The SMILES string of the molecule is C#Cc1cc(O)ccc1[CH2]. The van der Waals surface area contributed by atoms with E-state index in [0.717, 1.165) is 5.56 Å². The second kappa shape index (κ2) is 2.45. The van der Waals surface area contributed by atoms with Crippen molar-refractivity contribution in [1.82, 2.24) is 0 Å². The minimum absolute atomic E-state index is 0.181.